The summed E-state index contributed by atoms with van der Waals surface area (Å²) >= 11 is 1.63. The second-order valence-electron chi connectivity index (χ2n) is 6.53. The molecule has 1 fully saturated rings. The molecule has 6 heteroatoms. The first-order valence-electron chi connectivity index (χ1n) is 8.45. The lowest BCUT2D eigenvalue weighted by Crippen LogP contribution is -2.32. The summed E-state index contributed by atoms with van der Waals surface area (Å²) in [6.45, 7) is 0.631. The molecule has 1 aliphatic carbocycles. The molecule has 4 rings (SSSR count). The number of fused-ring (bicyclic) bond motifs is 1. The summed E-state index contributed by atoms with van der Waals surface area (Å²) in [5.74, 6) is 1.19. The van der Waals surface area contributed by atoms with Crippen molar-refractivity contribution in [2.45, 2.75) is 43.0 Å². The number of thiophene rings is 1. The molecule has 2 aromatic rings. The Kier molecular flexibility index (Phi) is 4.37. The molecule has 0 saturated heterocycles. The molecule has 1 saturated carbocycles. The molecular formula is C18H21NO3S2. The van der Waals surface area contributed by atoms with E-state index in [0.29, 0.717) is 17.4 Å². The van der Waals surface area contributed by atoms with E-state index in [-0.39, 0.29) is 6.04 Å². The third-order valence-electron chi connectivity index (χ3n) is 4.97. The summed E-state index contributed by atoms with van der Waals surface area (Å²) in [7, 11) is -3.54. The fraction of sp³-hybridized carbons (Fsp3) is 0.444. The number of rotatable bonds is 5. The first kappa shape index (κ1) is 16.1. The van der Waals surface area contributed by atoms with E-state index in [0.717, 1.165) is 35.5 Å². The van der Waals surface area contributed by atoms with Gasteiger partial charge in [-0.05, 0) is 54.0 Å². The van der Waals surface area contributed by atoms with Gasteiger partial charge < -0.3 is 4.74 Å². The normalized spacial score (nSPS) is 19.2. The van der Waals surface area contributed by atoms with Gasteiger partial charge in [0.15, 0.2) is 0 Å². The molecule has 4 nitrogen and oxygen atoms in total. The highest BCUT2D eigenvalue weighted by Crippen LogP contribution is 2.38. The van der Waals surface area contributed by atoms with Crippen LogP contribution in [0.1, 0.15) is 42.2 Å². The topological polar surface area (TPSA) is 55.4 Å². The number of ether oxygens (including phenoxy) is 1. The van der Waals surface area contributed by atoms with Crippen molar-refractivity contribution >= 4 is 21.4 Å². The first-order chi connectivity index (χ1) is 11.6. The summed E-state index contributed by atoms with van der Waals surface area (Å²) in [6, 6.07) is 9.07. The highest BCUT2D eigenvalue weighted by molar-refractivity contribution is 7.89. The predicted molar refractivity (Wildman–Crippen MR) is 95.0 cm³/mol. The van der Waals surface area contributed by atoms with E-state index in [1.807, 2.05) is 17.5 Å². The molecule has 2 aliphatic rings. The number of hydrogen-bond donors (Lipinski definition) is 1. The molecule has 0 bridgehead atoms. The smallest absolute Gasteiger partial charge is 0.241 e. The van der Waals surface area contributed by atoms with E-state index in [9.17, 15) is 8.42 Å². The molecule has 24 heavy (non-hydrogen) atoms. The second-order valence-corrected chi connectivity index (χ2v) is 9.22. The van der Waals surface area contributed by atoms with Gasteiger partial charge in [0.2, 0.25) is 10.0 Å². The zero-order valence-electron chi connectivity index (χ0n) is 13.4. The summed E-state index contributed by atoms with van der Waals surface area (Å²) < 4.78 is 34.4. The Morgan fingerprint density at radius 3 is 2.79 bits per heavy atom. The van der Waals surface area contributed by atoms with Crippen molar-refractivity contribution in [2.75, 3.05) is 6.61 Å². The summed E-state index contributed by atoms with van der Waals surface area (Å²) in [6.07, 6.45) is 5.32. The van der Waals surface area contributed by atoms with Gasteiger partial charge >= 0.3 is 0 Å². The number of benzene rings is 1. The van der Waals surface area contributed by atoms with E-state index in [1.54, 1.807) is 29.5 Å². The molecule has 1 aromatic carbocycles. The van der Waals surface area contributed by atoms with E-state index >= 15 is 0 Å². The van der Waals surface area contributed by atoms with Gasteiger partial charge in [-0.25, -0.2) is 13.1 Å². The largest absolute Gasteiger partial charge is 0.493 e. The highest BCUT2D eigenvalue weighted by Gasteiger charge is 2.31. The summed E-state index contributed by atoms with van der Waals surface area (Å²) in [4.78, 5) is 1.45. The molecule has 1 N–H and O–H groups in total. The Bertz CT molecular complexity index is 809. The quantitative estimate of drug-likeness (QED) is 0.877. The van der Waals surface area contributed by atoms with E-state index in [1.165, 1.54) is 12.8 Å². The minimum Gasteiger partial charge on any atom is -0.493 e. The van der Waals surface area contributed by atoms with Crippen molar-refractivity contribution < 1.29 is 13.2 Å². The molecule has 0 radical (unpaired) electrons. The van der Waals surface area contributed by atoms with E-state index in [2.05, 4.69) is 4.72 Å². The molecule has 1 atom stereocenters. The first-order valence-corrected chi connectivity index (χ1v) is 10.8. The molecule has 1 aromatic heterocycles. The number of nitrogens with one attached hydrogen (secondary N) is 1. The zero-order valence-corrected chi connectivity index (χ0v) is 15.0. The molecule has 2 heterocycles. The molecule has 0 spiro atoms. The van der Waals surface area contributed by atoms with E-state index in [4.69, 9.17) is 4.74 Å². The fourth-order valence-corrected chi connectivity index (χ4v) is 5.99. The van der Waals surface area contributed by atoms with Crippen LogP contribution in [0, 0.1) is 5.92 Å². The monoisotopic (exact) mass is 363 g/mol. The lowest BCUT2D eigenvalue weighted by atomic mass is 9.98. The minimum atomic E-state index is -3.54. The van der Waals surface area contributed by atoms with Crippen LogP contribution in [0.4, 0.5) is 0 Å². The van der Waals surface area contributed by atoms with Crippen molar-refractivity contribution in [1.29, 1.82) is 0 Å². The van der Waals surface area contributed by atoms with Gasteiger partial charge in [0.05, 0.1) is 17.5 Å². The zero-order chi connectivity index (χ0) is 16.6. The van der Waals surface area contributed by atoms with Gasteiger partial charge in [0, 0.05) is 11.3 Å². The summed E-state index contributed by atoms with van der Waals surface area (Å²) in [5.41, 5.74) is 0.978. The van der Waals surface area contributed by atoms with Crippen LogP contribution in [-0.4, -0.2) is 15.0 Å². The van der Waals surface area contributed by atoms with Gasteiger partial charge in [-0.1, -0.05) is 18.9 Å². The van der Waals surface area contributed by atoms with Crippen LogP contribution in [0.15, 0.2) is 40.6 Å². The van der Waals surface area contributed by atoms with Crippen LogP contribution >= 0.6 is 11.3 Å². The summed E-state index contributed by atoms with van der Waals surface area (Å²) in [5, 5.41) is 2.01. The average molecular weight is 364 g/mol. The Morgan fingerprint density at radius 1 is 1.21 bits per heavy atom. The standard InChI is InChI=1S/C18H21NO3S2/c20-24(21,15-7-8-16-14(12-15)9-10-22-16)19-18(13-4-1-2-5-13)17-6-3-11-23-17/h3,6-8,11-13,18-19H,1-2,4-5,9-10H2. The third kappa shape index (κ3) is 3.10. The van der Waals surface area contributed by atoms with Gasteiger partial charge in [-0.2, -0.15) is 0 Å². The van der Waals surface area contributed by atoms with Crippen LogP contribution in [-0.2, 0) is 16.4 Å². The van der Waals surface area contributed by atoms with Crippen LogP contribution in [0.2, 0.25) is 0 Å². The Morgan fingerprint density at radius 2 is 2.04 bits per heavy atom. The van der Waals surface area contributed by atoms with Crippen molar-refractivity contribution in [1.82, 2.24) is 4.72 Å². The van der Waals surface area contributed by atoms with Crippen LogP contribution < -0.4 is 9.46 Å². The van der Waals surface area contributed by atoms with E-state index < -0.39 is 10.0 Å². The maximum Gasteiger partial charge on any atom is 0.241 e. The molecular weight excluding hydrogens is 342 g/mol. The van der Waals surface area contributed by atoms with Crippen LogP contribution in [0.5, 0.6) is 5.75 Å². The van der Waals surface area contributed by atoms with Gasteiger partial charge in [0.1, 0.15) is 5.75 Å². The lowest BCUT2D eigenvalue weighted by Gasteiger charge is -2.23. The molecule has 1 aliphatic heterocycles. The maximum absolute atomic E-state index is 12.9. The number of hydrogen-bond acceptors (Lipinski definition) is 4. The SMILES string of the molecule is O=S(=O)(NC(c1cccs1)C1CCCC1)c1ccc2c(c1)CCO2. The Labute approximate surface area is 146 Å². The van der Waals surface area contributed by atoms with Crippen LogP contribution in [0.25, 0.3) is 0 Å². The van der Waals surface area contributed by atoms with Crippen molar-refractivity contribution in [3.8, 4) is 5.75 Å². The Balaban J connectivity index is 1.63. The maximum atomic E-state index is 12.9. The van der Waals surface area contributed by atoms with Crippen molar-refractivity contribution in [2.24, 2.45) is 5.92 Å². The second kappa shape index (κ2) is 6.50. The predicted octanol–water partition coefficient (Wildman–Crippen LogP) is 3.89. The Hall–Kier alpha value is -1.37. The molecule has 0 amide bonds. The van der Waals surface area contributed by atoms with Crippen molar-refractivity contribution in [3.63, 3.8) is 0 Å². The van der Waals surface area contributed by atoms with Gasteiger partial charge in [-0.15, -0.1) is 11.3 Å². The lowest BCUT2D eigenvalue weighted by molar-refractivity contribution is 0.356. The van der Waals surface area contributed by atoms with Gasteiger partial charge in [-0.3, -0.25) is 0 Å². The highest BCUT2D eigenvalue weighted by atomic mass is 32.2. The minimum absolute atomic E-state index is 0.123. The average Bonchev–Trinajstić information content (AvgIpc) is 3.34. The molecule has 1 unspecified atom stereocenters. The van der Waals surface area contributed by atoms with Gasteiger partial charge in [0.25, 0.3) is 0 Å². The number of sulfonamides is 1. The van der Waals surface area contributed by atoms with Crippen molar-refractivity contribution in [3.05, 3.63) is 46.2 Å². The van der Waals surface area contributed by atoms with Crippen LogP contribution in [0.3, 0.4) is 0 Å². The third-order valence-corrected chi connectivity index (χ3v) is 7.37. The fourth-order valence-electron chi connectivity index (χ4n) is 3.71. The molecule has 128 valence electrons.